The van der Waals surface area contributed by atoms with Crippen molar-refractivity contribution in [1.82, 2.24) is 15.1 Å². The van der Waals surface area contributed by atoms with Crippen LogP contribution in [0.2, 0.25) is 0 Å². The molecule has 0 aliphatic carbocycles. The van der Waals surface area contributed by atoms with Crippen LogP contribution in [0.4, 0.5) is 10.1 Å². The standard InChI is InChI=1S/C24H23FN4O2S/c1-14(18-5-4-6-20(11-18)27-16(3)30)26-23(31)22-12-21-15(2)28-29(24(21)32-22)13-17-7-9-19(25)10-8-17/h4-12,14H,13H2,1-3H3,(H,26,31)(H,27,30). The summed E-state index contributed by atoms with van der Waals surface area (Å²) in [6.45, 7) is 5.77. The summed E-state index contributed by atoms with van der Waals surface area (Å²) in [6, 6.07) is 15.4. The number of halogens is 1. The molecule has 2 heterocycles. The van der Waals surface area contributed by atoms with Gasteiger partial charge in [0.1, 0.15) is 10.6 Å². The number of hydrogen-bond acceptors (Lipinski definition) is 4. The van der Waals surface area contributed by atoms with Crippen molar-refractivity contribution in [2.75, 3.05) is 5.32 Å². The third-order valence-electron chi connectivity index (χ3n) is 5.13. The lowest BCUT2D eigenvalue weighted by atomic mass is 10.1. The van der Waals surface area contributed by atoms with Crippen LogP contribution in [-0.2, 0) is 11.3 Å². The molecule has 4 aromatic rings. The molecule has 164 valence electrons. The van der Waals surface area contributed by atoms with Crippen molar-refractivity contribution >= 4 is 39.1 Å². The van der Waals surface area contributed by atoms with Gasteiger partial charge in [0.25, 0.3) is 5.91 Å². The molecule has 0 saturated heterocycles. The molecule has 2 N–H and O–H groups in total. The molecular formula is C24H23FN4O2S. The van der Waals surface area contributed by atoms with Gasteiger partial charge in [0.15, 0.2) is 0 Å². The smallest absolute Gasteiger partial charge is 0.261 e. The van der Waals surface area contributed by atoms with Crippen LogP contribution < -0.4 is 10.6 Å². The van der Waals surface area contributed by atoms with E-state index in [4.69, 9.17) is 0 Å². The lowest BCUT2D eigenvalue weighted by molar-refractivity contribution is -0.114. The van der Waals surface area contributed by atoms with Crippen LogP contribution >= 0.6 is 11.3 Å². The second-order valence-electron chi connectivity index (χ2n) is 7.70. The molecule has 0 spiro atoms. The molecule has 2 aromatic carbocycles. The van der Waals surface area contributed by atoms with Crippen LogP contribution in [-0.4, -0.2) is 21.6 Å². The summed E-state index contributed by atoms with van der Waals surface area (Å²) in [5.74, 6) is -0.590. The van der Waals surface area contributed by atoms with Gasteiger partial charge in [-0.25, -0.2) is 4.39 Å². The fourth-order valence-electron chi connectivity index (χ4n) is 3.53. The van der Waals surface area contributed by atoms with Gasteiger partial charge in [-0.05, 0) is 55.3 Å². The van der Waals surface area contributed by atoms with Crippen molar-refractivity contribution in [3.8, 4) is 0 Å². The zero-order valence-electron chi connectivity index (χ0n) is 18.0. The number of nitrogens with zero attached hydrogens (tertiary/aromatic N) is 2. The summed E-state index contributed by atoms with van der Waals surface area (Å²) in [4.78, 5) is 25.7. The minimum atomic E-state index is -0.276. The Morgan fingerprint density at radius 1 is 1.16 bits per heavy atom. The molecule has 8 heteroatoms. The minimum Gasteiger partial charge on any atom is -0.345 e. The lowest BCUT2D eigenvalue weighted by Crippen LogP contribution is -2.26. The highest BCUT2D eigenvalue weighted by Crippen LogP contribution is 2.29. The van der Waals surface area contributed by atoms with E-state index in [1.807, 2.05) is 42.8 Å². The van der Waals surface area contributed by atoms with Gasteiger partial charge >= 0.3 is 0 Å². The Balaban J connectivity index is 1.52. The predicted octanol–water partition coefficient (Wildman–Crippen LogP) is 5.04. The van der Waals surface area contributed by atoms with E-state index in [1.54, 1.807) is 18.2 Å². The van der Waals surface area contributed by atoms with Crippen LogP contribution in [0.1, 0.15) is 46.4 Å². The topological polar surface area (TPSA) is 76.0 Å². The van der Waals surface area contributed by atoms with Crippen molar-refractivity contribution in [2.45, 2.75) is 33.4 Å². The van der Waals surface area contributed by atoms with Gasteiger partial charge in [-0.1, -0.05) is 24.3 Å². The fraction of sp³-hybridized carbons (Fsp3) is 0.208. The first-order chi connectivity index (χ1) is 15.3. The average Bonchev–Trinajstić information content (AvgIpc) is 3.31. The van der Waals surface area contributed by atoms with Crippen molar-refractivity contribution in [3.63, 3.8) is 0 Å². The zero-order chi connectivity index (χ0) is 22.8. The molecular weight excluding hydrogens is 427 g/mol. The highest BCUT2D eigenvalue weighted by atomic mass is 32.1. The highest BCUT2D eigenvalue weighted by Gasteiger charge is 2.18. The van der Waals surface area contributed by atoms with Crippen molar-refractivity contribution in [3.05, 3.63) is 82.1 Å². The number of hydrogen-bond donors (Lipinski definition) is 2. The highest BCUT2D eigenvalue weighted by molar-refractivity contribution is 7.20. The molecule has 1 unspecified atom stereocenters. The summed E-state index contributed by atoms with van der Waals surface area (Å²) in [5.41, 5.74) is 3.36. The maximum Gasteiger partial charge on any atom is 0.261 e. The van der Waals surface area contributed by atoms with E-state index in [-0.39, 0.29) is 23.7 Å². The van der Waals surface area contributed by atoms with E-state index in [2.05, 4.69) is 15.7 Å². The molecule has 2 amide bonds. The molecule has 0 fully saturated rings. The van der Waals surface area contributed by atoms with Gasteiger partial charge in [0, 0.05) is 18.0 Å². The summed E-state index contributed by atoms with van der Waals surface area (Å²) >= 11 is 1.38. The molecule has 2 aromatic heterocycles. The number of benzene rings is 2. The van der Waals surface area contributed by atoms with Gasteiger partial charge < -0.3 is 10.6 Å². The van der Waals surface area contributed by atoms with Crippen molar-refractivity contribution in [1.29, 1.82) is 0 Å². The van der Waals surface area contributed by atoms with Crippen LogP contribution in [0.5, 0.6) is 0 Å². The Morgan fingerprint density at radius 3 is 2.62 bits per heavy atom. The van der Waals surface area contributed by atoms with Crippen LogP contribution in [0.15, 0.2) is 54.6 Å². The summed E-state index contributed by atoms with van der Waals surface area (Å²) in [7, 11) is 0. The lowest BCUT2D eigenvalue weighted by Gasteiger charge is -2.15. The average molecular weight is 451 g/mol. The number of carbonyl (C=O) groups excluding carboxylic acids is 2. The maximum atomic E-state index is 13.2. The Labute approximate surface area is 189 Å². The van der Waals surface area contributed by atoms with E-state index in [0.29, 0.717) is 17.1 Å². The summed E-state index contributed by atoms with van der Waals surface area (Å²) in [5, 5.41) is 11.3. The normalized spacial score (nSPS) is 12.0. The Morgan fingerprint density at radius 2 is 1.91 bits per heavy atom. The molecule has 0 aliphatic heterocycles. The monoisotopic (exact) mass is 450 g/mol. The fourth-order valence-corrected chi connectivity index (χ4v) is 4.60. The van der Waals surface area contributed by atoms with Gasteiger partial charge in [-0.3, -0.25) is 14.3 Å². The number of aryl methyl sites for hydroxylation is 1. The molecule has 6 nitrogen and oxygen atoms in total. The van der Waals surface area contributed by atoms with Crippen molar-refractivity contribution < 1.29 is 14.0 Å². The first kappa shape index (κ1) is 21.7. The first-order valence-electron chi connectivity index (χ1n) is 10.2. The predicted molar refractivity (Wildman–Crippen MR) is 124 cm³/mol. The minimum absolute atomic E-state index is 0.144. The van der Waals surface area contributed by atoms with Gasteiger partial charge in [0.2, 0.25) is 5.91 Å². The number of amides is 2. The van der Waals surface area contributed by atoms with E-state index in [1.165, 1.54) is 30.4 Å². The van der Waals surface area contributed by atoms with E-state index < -0.39 is 0 Å². The number of thiophene rings is 1. The molecule has 0 saturated carbocycles. The first-order valence-corrected chi connectivity index (χ1v) is 11.0. The SMILES string of the molecule is CC(=O)Nc1cccc(C(C)NC(=O)c2cc3c(C)nn(Cc4ccc(F)cc4)c3s2)c1. The van der Waals surface area contributed by atoms with Gasteiger partial charge in [-0.2, -0.15) is 5.10 Å². The van der Waals surface area contributed by atoms with E-state index in [9.17, 15) is 14.0 Å². The molecule has 4 rings (SSSR count). The Hall–Kier alpha value is -3.52. The number of anilines is 1. The molecule has 32 heavy (non-hydrogen) atoms. The quantitative estimate of drug-likeness (QED) is 0.432. The third kappa shape index (κ3) is 4.70. The van der Waals surface area contributed by atoms with E-state index >= 15 is 0 Å². The third-order valence-corrected chi connectivity index (χ3v) is 6.28. The second-order valence-corrected chi connectivity index (χ2v) is 8.73. The maximum absolute atomic E-state index is 13.2. The number of fused-ring (bicyclic) bond motifs is 1. The molecule has 1 atom stereocenters. The van der Waals surface area contributed by atoms with Crippen LogP contribution in [0.25, 0.3) is 10.2 Å². The molecule has 0 aliphatic rings. The summed E-state index contributed by atoms with van der Waals surface area (Å²) < 4.78 is 15.0. The second kappa shape index (κ2) is 8.92. The number of aromatic nitrogens is 2. The van der Waals surface area contributed by atoms with Crippen LogP contribution in [0, 0.1) is 12.7 Å². The number of rotatable bonds is 6. The van der Waals surface area contributed by atoms with E-state index in [0.717, 1.165) is 27.0 Å². The van der Waals surface area contributed by atoms with Crippen molar-refractivity contribution in [2.24, 2.45) is 0 Å². The summed E-state index contributed by atoms with van der Waals surface area (Å²) in [6.07, 6.45) is 0. The zero-order valence-corrected chi connectivity index (χ0v) is 18.8. The van der Waals surface area contributed by atoms with Gasteiger partial charge in [-0.15, -0.1) is 11.3 Å². The largest absolute Gasteiger partial charge is 0.345 e. The number of nitrogens with one attached hydrogen (secondary N) is 2. The molecule has 0 radical (unpaired) electrons. The van der Waals surface area contributed by atoms with Gasteiger partial charge in [0.05, 0.1) is 23.2 Å². The Bertz CT molecular complexity index is 1290. The Kier molecular flexibility index (Phi) is 6.05. The van der Waals surface area contributed by atoms with Crippen LogP contribution in [0.3, 0.4) is 0 Å². The molecule has 0 bridgehead atoms. The number of carbonyl (C=O) groups is 2.